The van der Waals surface area contributed by atoms with Gasteiger partial charge in [0.1, 0.15) is 17.1 Å². The van der Waals surface area contributed by atoms with Gasteiger partial charge >= 0.3 is 11.9 Å². The van der Waals surface area contributed by atoms with Gasteiger partial charge < -0.3 is 24.4 Å². The predicted molar refractivity (Wildman–Crippen MR) is 77.5 cm³/mol. The number of hydrogen-bond acceptors (Lipinski definition) is 8. The predicted octanol–water partition coefficient (Wildman–Crippen LogP) is 0.467. The molecule has 2 aliphatic rings. The van der Waals surface area contributed by atoms with Crippen LogP contribution in [0.3, 0.4) is 0 Å². The fraction of sp³-hybridized carbons (Fsp3) is 0.438. The highest BCUT2D eigenvalue weighted by molar-refractivity contribution is 6.06. The lowest BCUT2D eigenvalue weighted by atomic mass is 9.83. The molecule has 0 saturated carbocycles. The molecule has 0 radical (unpaired) electrons. The average Bonchev–Trinajstić information content (AvgIpc) is 2.99. The summed E-state index contributed by atoms with van der Waals surface area (Å²) in [6.07, 6.45) is -1.07. The summed E-state index contributed by atoms with van der Waals surface area (Å²) >= 11 is 0. The first kappa shape index (κ1) is 16.3. The maximum Gasteiger partial charge on any atom is 0.354 e. The van der Waals surface area contributed by atoms with Crippen LogP contribution in [-0.2, 0) is 25.7 Å². The molecule has 8 nitrogen and oxygen atoms in total. The van der Waals surface area contributed by atoms with Crippen LogP contribution in [0.2, 0.25) is 0 Å². The molecule has 8 heteroatoms. The standard InChI is InChI=1S/C16H16O8/c1-22-15(21)16(12-2-3-13(20)23-12)6-10(19)14-9(18)4-8(7-17)5-11(14)24-16/h4-5,12,17-18H,2-3,6-7H2,1H3/t12-,16+/m0/s1. The molecule has 3 rings (SSSR count). The molecule has 0 unspecified atom stereocenters. The molecular formula is C16H16O8. The zero-order valence-electron chi connectivity index (χ0n) is 12.9. The van der Waals surface area contributed by atoms with Crippen molar-refractivity contribution in [2.24, 2.45) is 0 Å². The maximum absolute atomic E-state index is 12.5. The Morgan fingerprint density at radius 1 is 1.42 bits per heavy atom. The van der Waals surface area contributed by atoms with Crippen LogP contribution in [0.5, 0.6) is 11.5 Å². The van der Waals surface area contributed by atoms with Crippen LogP contribution in [0.15, 0.2) is 12.1 Å². The summed E-state index contributed by atoms with van der Waals surface area (Å²) in [7, 11) is 1.14. The van der Waals surface area contributed by atoms with Gasteiger partial charge in [-0.3, -0.25) is 9.59 Å². The van der Waals surface area contributed by atoms with Crippen molar-refractivity contribution in [3.8, 4) is 11.5 Å². The molecule has 2 N–H and O–H groups in total. The lowest BCUT2D eigenvalue weighted by Crippen LogP contribution is -2.58. The number of methoxy groups -OCH3 is 1. The summed E-state index contributed by atoms with van der Waals surface area (Å²) in [5, 5.41) is 19.2. The van der Waals surface area contributed by atoms with Crippen LogP contribution in [-0.4, -0.2) is 46.7 Å². The third-order valence-electron chi connectivity index (χ3n) is 4.25. The molecule has 2 atom stereocenters. The Hall–Kier alpha value is -2.61. The molecule has 24 heavy (non-hydrogen) atoms. The van der Waals surface area contributed by atoms with Crippen LogP contribution < -0.4 is 4.74 Å². The number of aromatic hydroxyl groups is 1. The zero-order valence-corrected chi connectivity index (χ0v) is 12.9. The fourth-order valence-corrected chi connectivity index (χ4v) is 3.12. The number of Topliss-reactive ketones (excluding diaryl/α,β-unsaturated/α-hetero) is 1. The van der Waals surface area contributed by atoms with Crippen molar-refractivity contribution in [1.82, 2.24) is 0 Å². The number of carbonyl (C=O) groups excluding carboxylic acids is 3. The number of aliphatic hydroxyl groups excluding tert-OH is 1. The van der Waals surface area contributed by atoms with Crippen LogP contribution in [0.4, 0.5) is 0 Å². The van der Waals surface area contributed by atoms with E-state index in [-0.39, 0.29) is 36.5 Å². The number of ether oxygens (including phenoxy) is 3. The van der Waals surface area contributed by atoms with Crippen LogP contribution in [0.1, 0.15) is 35.2 Å². The number of fused-ring (bicyclic) bond motifs is 1. The van der Waals surface area contributed by atoms with E-state index in [9.17, 15) is 24.6 Å². The molecule has 0 aromatic heterocycles. The monoisotopic (exact) mass is 336 g/mol. The van der Waals surface area contributed by atoms with Crippen molar-refractivity contribution in [1.29, 1.82) is 0 Å². The molecule has 1 fully saturated rings. The van der Waals surface area contributed by atoms with Gasteiger partial charge in [0.15, 0.2) is 11.9 Å². The lowest BCUT2D eigenvalue weighted by Gasteiger charge is -2.38. The van der Waals surface area contributed by atoms with Gasteiger partial charge in [-0.15, -0.1) is 0 Å². The van der Waals surface area contributed by atoms with Crippen molar-refractivity contribution in [3.63, 3.8) is 0 Å². The second kappa shape index (κ2) is 5.79. The van der Waals surface area contributed by atoms with E-state index in [4.69, 9.17) is 14.2 Å². The van der Waals surface area contributed by atoms with Crippen molar-refractivity contribution in [2.75, 3.05) is 7.11 Å². The van der Waals surface area contributed by atoms with E-state index in [2.05, 4.69) is 0 Å². The Bertz CT molecular complexity index is 725. The van der Waals surface area contributed by atoms with E-state index < -0.39 is 35.8 Å². The topological polar surface area (TPSA) is 119 Å². The lowest BCUT2D eigenvalue weighted by molar-refractivity contribution is -0.175. The fourth-order valence-electron chi connectivity index (χ4n) is 3.12. The first-order valence-electron chi connectivity index (χ1n) is 7.38. The SMILES string of the molecule is COC(=O)[C@]1([C@@H]2CCC(=O)O2)CC(=O)c2c(O)cc(CO)cc2O1. The molecule has 1 saturated heterocycles. The summed E-state index contributed by atoms with van der Waals surface area (Å²) < 4.78 is 15.7. The van der Waals surface area contributed by atoms with E-state index >= 15 is 0 Å². The van der Waals surface area contributed by atoms with Crippen molar-refractivity contribution < 1.29 is 38.8 Å². The quantitative estimate of drug-likeness (QED) is 0.764. The average molecular weight is 336 g/mol. The minimum absolute atomic E-state index is 0.0522. The third-order valence-corrected chi connectivity index (χ3v) is 4.25. The number of ketones is 1. The Labute approximate surface area is 136 Å². The minimum atomic E-state index is -1.80. The van der Waals surface area contributed by atoms with Gasteiger partial charge in [0.25, 0.3) is 0 Å². The number of benzene rings is 1. The van der Waals surface area contributed by atoms with Gasteiger partial charge in [-0.25, -0.2) is 4.79 Å². The number of rotatable bonds is 3. The highest BCUT2D eigenvalue weighted by atomic mass is 16.6. The molecule has 2 aliphatic heterocycles. The number of hydrogen-bond donors (Lipinski definition) is 2. The number of carbonyl (C=O) groups is 3. The van der Waals surface area contributed by atoms with Crippen molar-refractivity contribution in [2.45, 2.75) is 37.6 Å². The molecule has 1 aromatic carbocycles. The summed E-state index contributed by atoms with van der Waals surface area (Å²) in [6.45, 7) is -0.387. The van der Waals surface area contributed by atoms with Crippen LogP contribution >= 0.6 is 0 Å². The summed E-state index contributed by atoms with van der Waals surface area (Å²) in [5.41, 5.74) is -1.56. The third kappa shape index (κ3) is 2.39. The smallest absolute Gasteiger partial charge is 0.354 e. The molecule has 0 spiro atoms. The summed E-state index contributed by atoms with van der Waals surface area (Å²) in [5.74, 6) is -2.26. The first-order valence-corrected chi connectivity index (χ1v) is 7.38. The van der Waals surface area contributed by atoms with Gasteiger partial charge in [0, 0.05) is 6.42 Å². The molecular weight excluding hydrogens is 320 g/mol. The number of aliphatic hydroxyl groups is 1. The molecule has 1 aromatic rings. The largest absolute Gasteiger partial charge is 0.507 e. The Morgan fingerprint density at radius 2 is 2.17 bits per heavy atom. The first-order chi connectivity index (χ1) is 11.4. The second-order valence-electron chi connectivity index (χ2n) is 5.75. The van der Waals surface area contributed by atoms with Gasteiger partial charge in [0.2, 0.25) is 5.60 Å². The van der Waals surface area contributed by atoms with Crippen LogP contribution in [0, 0.1) is 0 Å². The van der Waals surface area contributed by atoms with E-state index in [1.54, 1.807) is 0 Å². The van der Waals surface area contributed by atoms with Crippen LogP contribution in [0.25, 0.3) is 0 Å². The molecule has 0 aliphatic carbocycles. The van der Waals surface area contributed by atoms with Gasteiger partial charge in [-0.05, 0) is 24.1 Å². The highest BCUT2D eigenvalue weighted by Crippen LogP contribution is 2.43. The van der Waals surface area contributed by atoms with E-state index in [1.165, 1.54) is 12.1 Å². The maximum atomic E-state index is 12.5. The Morgan fingerprint density at radius 3 is 2.75 bits per heavy atom. The Kier molecular flexibility index (Phi) is 3.92. The zero-order chi connectivity index (χ0) is 17.5. The van der Waals surface area contributed by atoms with E-state index in [0.29, 0.717) is 5.56 Å². The summed E-state index contributed by atoms with van der Waals surface area (Å²) in [4.78, 5) is 36.3. The molecule has 0 amide bonds. The van der Waals surface area contributed by atoms with Gasteiger partial charge in [-0.1, -0.05) is 0 Å². The number of cyclic esters (lactones) is 1. The second-order valence-corrected chi connectivity index (χ2v) is 5.75. The minimum Gasteiger partial charge on any atom is -0.507 e. The van der Waals surface area contributed by atoms with E-state index in [0.717, 1.165) is 7.11 Å². The molecule has 128 valence electrons. The van der Waals surface area contributed by atoms with E-state index in [1.807, 2.05) is 0 Å². The van der Waals surface area contributed by atoms with Gasteiger partial charge in [-0.2, -0.15) is 0 Å². The summed E-state index contributed by atoms with van der Waals surface area (Å²) in [6, 6.07) is 2.61. The number of esters is 2. The van der Waals surface area contributed by atoms with Crippen molar-refractivity contribution in [3.05, 3.63) is 23.3 Å². The molecule has 0 bridgehead atoms. The van der Waals surface area contributed by atoms with Gasteiger partial charge in [0.05, 0.1) is 20.1 Å². The normalized spacial score (nSPS) is 25.7. The Balaban J connectivity index is 2.10. The molecule has 2 heterocycles. The highest BCUT2D eigenvalue weighted by Gasteiger charge is 2.57. The number of phenolic OH excluding ortho intramolecular Hbond substituents is 1. The number of phenols is 1. The van der Waals surface area contributed by atoms with Crippen molar-refractivity contribution >= 4 is 17.7 Å².